The number of morpholine rings is 1. The van der Waals surface area contributed by atoms with Gasteiger partial charge in [-0.3, -0.25) is 4.79 Å². The van der Waals surface area contributed by atoms with Crippen LogP contribution in [0.25, 0.3) is 17.0 Å². The van der Waals surface area contributed by atoms with Crippen molar-refractivity contribution in [2.24, 2.45) is 0 Å². The van der Waals surface area contributed by atoms with Crippen molar-refractivity contribution in [2.45, 2.75) is 13.8 Å². The Hall–Kier alpha value is -3.38. The second-order valence-corrected chi connectivity index (χ2v) is 7.42. The van der Waals surface area contributed by atoms with Crippen LogP contribution < -0.4 is 15.0 Å². The molecule has 2 aromatic carbocycles. The van der Waals surface area contributed by atoms with Crippen molar-refractivity contribution >= 4 is 34.4 Å². The van der Waals surface area contributed by atoms with Crippen LogP contribution in [0.2, 0.25) is 0 Å². The van der Waals surface area contributed by atoms with Crippen LogP contribution in [0.5, 0.6) is 5.75 Å². The molecule has 6 nitrogen and oxygen atoms in total. The molecule has 1 fully saturated rings. The fraction of sp³-hybridized carbons (Fsp3) is 0.280. The van der Waals surface area contributed by atoms with E-state index in [4.69, 9.17) is 14.5 Å². The Kier molecular flexibility index (Phi) is 6.48. The fourth-order valence-corrected chi connectivity index (χ4v) is 3.66. The Balaban J connectivity index is 1.49. The number of anilines is 2. The third-order valence-electron chi connectivity index (χ3n) is 5.24. The predicted molar refractivity (Wildman–Crippen MR) is 125 cm³/mol. The maximum atomic E-state index is 12.5. The van der Waals surface area contributed by atoms with E-state index in [1.807, 2.05) is 49.4 Å². The number of para-hydroxylation sites is 1. The molecule has 6 heteroatoms. The van der Waals surface area contributed by atoms with Gasteiger partial charge in [-0.05, 0) is 55.8 Å². The second kappa shape index (κ2) is 9.62. The van der Waals surface area contributed by atoms with Crippen LogP contribution in [0, 0.1) is 6.92 Å². The first-order valence-electron chi connectivity index (χ1n) is 10.6. The molecule has 1 amide bonds. The number of amides is 1. The summed E-state index contributed by atoms with van der Waals surface area (Å²) in [4.78, 5) is 19.5. The molecule has 1 aromatic heterocycles. The van der Waals surface area contributed by atoms with E-state index >= 15 is 0 Å². The summed E-state index contributed by atoms with van der Waals surface area (Å²) in [7, 11) is 0. The lowest BCUT2D eigenvalue weighted by Crippen LogP contribution is -2.36. The molecular weight excluding hydrogens is 390 g/mol. The number of benzene rings is 2. The molecule has 0 unspecified atom stereocenters. The smallest absolute Gasteiger partial charge is 0.248 e. The van der Waals surface area contributed by atoms with Crippen LogP contribution in [0.3, 0.4) is 0 Å². The molecule has 160 valence electrons. The van der Waals surface area contributed by atoms with E-state index < -0.39 is 0 Å². The van der Waals surface area contributed by atoms with Crippen molar-refractivity contribution < 1.29 is 14.3 Å². The Labute approximate surface area is 182 Å². The molecule has 0 atom stereocenters. The third kappa shape index (κ3) is 5.03. The molecule has 2 heterocycles. The van der Waals surface area contributed by atoms with Gasteiger partial charge in [-0.25, -0.2) is 4.98 Å². The van der Waals surface area contributed by atoms with Crippen LogP contribution in [-0.4, -0.2) is 43.8 Å². The molecule has 4 rings (SSSR count). The summed E-state index contributed by atoms with van der Waals surface area (Å²) in [6.07, 6.45) is 3.29. The highest BCUT2D eigenvalue weighted by molar-refractivity contribution is 6.03. The van der Waals surface area contributed by atoms with Crippen LogP contribution in [0.1, 0.15) is 18.1 Å². The number of hydrogen-bond donors (Lipinski definition) is 1. The lowest BCUT2D eigenvalue weighted by molar-refractivity contribution is -0.111. The molecule has 0 spiro atoms. The van der Waals surface area contributed by atoms with E-state index in [2.05, 4.69) is 23.2 Å². The molecule has 31 heavy (non-hydrogen) atoms. The van der Waals surface area contributed by atoms with Gasteiger partial charge in [-0.15, -0.1) is 0 Å². The average molecular weight is 418 g/mol. The topological polar surface area (TPSA) is 63.7 Å². The maximum absolute atomic E-state index is 12.5. The lowest BCUT2D eigenvalue weighted by Gasteiger charge is -2.28. The zero-order chi connectivity index (χ0) is 21.6. The normalized spacial score (nSPS) is 14.2. The number of nitrogens with one attached hydrogen (secondary N) is 1. The van der Waals surface area contributed by atoms with E-state index in [1.165, 1.54) is 6.08 Å². The lowest BCUT2D eigenvalue weighted by atomic mass is 10.1. The molecule has 1 aliphatic rings. The van der Waals surface area contributed by atoms with Crippen LogP contribution in [-0.2, 0) is 9.53 Å². The Morgan fingerprint density at radius 2 is 2.00 bits per heavy atom. The zero-order valence-corrected chi connectivity index (χ0v) is 17.9. The zero-order valence-electron chi connectivity index (χ0n) is 17.9. The molecule has 0 aliphatic carbocycles. The number of carbonyl (C=O) groups is 1. The van der Waals surface area contributed by atoms with Gasteiger partial charge in [0.15, 0.2) is 0 Å². The Bertz CT molecular complexity index is 1100. The quantitative estimate of drug-likeness (QED) is 0.601. The van der Waals surface area contributed by atoms with E-state index in [1.54, 1.807) is 6.08 Å². The van der Waals surface area contributed by atoms with Gasteiger partial charge in [-0.1, -0.05) is 18.2 Å². The summed E-state index contributed by atoms with van der Waals surface area (Å²) in [5.41, 5.74) is 3.66. The van der Waals surface area contributed by atoms with Crippen molar-refractivity contribution in [1.82, 2.24) is 4.98 Å². The Morgan fingerprint density at radius 1 is 1.19 bits per heavy atom. The Morgan fingerprint density at radius 3 is 2.81 bits per heavy atom. The SMILES string of the molecule is CCOc1ccccc1C=CC(=O)Nc1ccc2nc(N3CCOCC3)cc(C)c2c1. The van der Waals surface area contributed by atoms with E-state index in [9.17, 15) is 4.79 Å². The number of aromatic nitrogens is 1. The summed E-state index contributed by atoms with van der Waals surface area (Å²) in [5, 5.41) is 3.97. The van der Waals surface area contributed by atoms with Crippen molar-refractivity contribution in [3.63, 3.8) is 0 Å². The van der Waals surface area contributed by atoms with Crippen molar-refractivity contribution in [2.75, 3.05) is 43.1 Å². The van der Waals surface area contributed by atoms with Crippen LogP contribution >= 0.6 is 0 Å². The minimum atomic E-state index is -0.193. The summed E-state index contributed by atoms with van der Waals surface area (Å²) in [5.74, 6) is 1.54. The minimum Gasteiger partial charge on any atom is -0.493 e. The monoisotopic (exact) mass is 417 g/mol. The average Bonchev–Trinajstić information content (AvgIpc) is 2.79. The number of fused-ring (bicyclic) bond motifs is 1. The largest absolute Gasteiger partial charge is 0.493 e. The molecule has 0 radical (unpaired) electrons. The molecule has 3 aromatic rings. The number of rotatable bonds is 6. The van der Waals surface area contributed by atoms with Crippen molar-refractivity contribution in [3.8, 4) is 5.75 Å². The van der Waals surface area contributed by atoms with Gasteiger partial charge in [0.2, 0.25) is 5.91 Å². The van der Waals surface area contributed by atoms with Gasteiger partial charge in [0.1, 0.15) is 11.6 Å². The highest BCUT2D eigenvalue weighted by Gasteiger charge is 2.14. The molecular formula is C25H27N3O3. The van der Waals surface area contributed by atoms with Gasteiger partial charge in [0.25, 0.3) is 0 Å². The van der Waals surface area contributed by atoms with E-state index in [-0.39, 0.29) is 5.91 Å². The number of pyridine rings is 1. The highest BCUT2D eigenvalue weighted by atomic mass is 16.5. The highest BCUT2D eigenvalue weighted by Crippen LogP contribution is 2.26. The molecule has 0 bridgehead atoms. The number of aryl methyl sites for hydroxylation is 1. The third-order valence-corrected chi connectivity index (χ3v) is 5.24. The summed E-state index contributed by atoms with van der Waals surface area (Å²) in [6.45, 7) is 7.75. The summed E-state index contributed by atoms with van der Waals surface area (Å²) < 4.78 is 11.0. The van der Waals surface area contributed by atoms with Gasteiger partial charge in [0.05, 0.1) is 25.3 Å². The first-order valence-corrected chi connectivity index (χ1v) is 10.6. The summed E-state index contributed by atoms with van der Waals surface area (Å²) in [6, 6.07) is 15.6. The first-order chi connectivity index (χ1) is 15.1. The molecule has 1 N–H and O–H groups in total. The molecule has 1 aliphatic heterocycles. The number of hydrogen-bond acceptors (Lipinski definition) is 5. The number of nitrogens with zero attached hydrogens (tertiary/aromatic N) is 2. The minimum absolute atomic E-state index is 0.193. The second-order valence-electron chi connectivity index (χ2n) is 7.42. The van der Waals surface area contributed by atoms with Gasteiger partial charge in [-0.2, -0.15) is 0 Å². The molecule has 0 saturated carbocycles. The number of ether oxygens (including phenoxy) is 2. The van der Waals surface area contributed by atoms with Crippen molar-refractivity contribution in [1.29, 1.82) is 0 Å². The summed E-state index contributed by atoms with van der Waals surface area (Å²) >= 11 is 0. The van der Waals surface area contributed by atoms with Gasteiger partial charge in [0, 0.05) is 35.8 Å². The van der Waals surface area contributed by atoms with Crippen LogP contribution in [0.4, 0.5) is 11.5 Å². The van der Waals surface area contributed by atoms with Crippen molar-refractivity contribution in [3.05, 3.63) is 65.7 Å². The van der Waals surface area contributed by atoms with E-state index in [0.29, 0.717) is 6.61 Å². The molecule has 1 saturated heterocycles. The van der Waals surface area contributed by atoms with Crippen LogP contribution in [0.15, 0.2) is 54.6 Å². The maximum Gasteiger partial charge on any atom is 0.248 e. The first kappa shape index (κ1) is 20.9. The number of carbonyl (C=O) groups excluding carboxylic acids is 1. The standard InChI is InChI=1S/C25H27N3O3/c1-3-31-23-7-5-4-6-19(23)8-11-25(29)26-20-9-10-22-21(17-20)18(2)16-24(27-22)28-12-14-30-15-13-28/h4-11,16-17H,3,12-15H2,1-2H3,(H,26,29). The fourth-order valence-electron chi connectivity index (χ4n) is 3.66. The van der Waals surface area contributed by atoms with Gasteiger partial charge < -0.3 is 19.7 Å². The van der Waals surface area contributed by atoms with Gasteiger partial charge >= 0.3 is 0 Å². The predicted octanol–water partition coefficient (Wildman–Crippen LogP) is 4.43. The van der Waals surface area contributed by atoms with E-state index in [0.717, 1.165) is 65.6 Å².